The average molecular weight is 211 g/mol. The second-order valence-corrected chi connectivity index (χ2v) is 4.38. The zero-order chi connectivity index (χ0) is 11.0. The third kappa shape index (κ3) is 2.17. The van der Waals surface area contributed by atoms with Gasteiger partial charge in [-0.2, -0.15) is 0 Å². The molecule has 1 aliphatic carbocycles. The van der Waals surface area contributed by atoms with Crippen LogP contribution in [0.3, 0.4) is 0 Å². The summed E-state index contributed by atoms with van der Waals surface area (Å²) in [5.74, 6) is -0.436. The summed E-state index contributed by atoms with van der Waals surface area (Å²) in [4.78, 5) is 0. The van der Waals surface area contributed by atoms with Crippen molar-refractivity contribution in [2.24, 2.45) is 11.7 Å². The maximum Gasteiger partial charge on any atom is 0.133 e. The van der Waals surface area contributed by atoms with Crippen LogP contribution < -0.4 is 5.73 Å². The zero-order valence-corrected chi connectivity index (χ0v) is 8.76. The van der Waals surface area contributed by atoms with E-state index in [1.54, 1.807) is 6.92 Å². The van der Waals surface area contributed by atoms with Crippen molar-refractivity contribution < 1.29 is 8.78 Å². The Labute approximate surface area is 88.3 Å². The summed E-state index contributed by atoms with van der Waals surface area (Å²) >= 11 is 0. The van der Waals surface area contributed by atoms with E-state index in [0.717, 1.165) is 12.8 Å². The van der Waals surface area contributed by atoms with Gasteiger partial charge in [-0.3, -0.25) is 0 Å². The molecule has 1 fully saturated rings. The van der Waals surface area contributed by atoms with Gasteiger partial charge in [0.2, 0.25) is 0 Å². The molecule has 0 aliphatic heterocycles. The van der Waals surface area contributed by atoms with E-state index in [1.165, 1.54) is 12.1 Å². The predicted octanol–water partition coefficient (Wildman–Crippen LogP) is 3.07. The molecule has 1 nitrogen and oxygen atoms in total. The number of hydrogen-bond acceptors (Lipinski definition) is 1. The Morgan fingerprint density at radius 2 is 2.07 bits per heavy atom. The van der Waals surface area contributed by atoms with Crippen molar-refractivity contribution in [3.63, 3.8) is 0 Å². The molecule has 1 atom stereocenters. The Morgan fingerprint density at radius 1 is 1.40 bits per heavy atom. The van der Waals surface area contributed by atoms with Gasteiger partial charge in [0, 0.05) is 11.6 Å². The minimum Gasteiger partial charge on any atom is -0.324 e. The van der Waals surface area contributed by atoms with Crippen LogP contribution in [-0.2, 0) is 0 Å². The summed E-state index contributed by atoms with van der Waals surface area (Å²) < 4.78 is 27.1. The summed E-state index contributed by atoms with van der Waals surface area (Å²) in [6.07, 6.45) is 2.98. The lowest BCUT2D eigenvalue weighted by Gasteiger charge is -2.14. The molecule has 0 aromatic heterocycles. The molecule has 0 bridgehead atoms. The minimum absolute atomic E-state index is 0.0573. The van der Waals surface area contributed by atoms with Gasteiger partial charge in [0.25, 0.3) is 0 Å². The fourth-order valence-electron chi connectivity index (χ4n) is 1.85. The Morgan fingerprint density at radius 3 is 2.67 bits per heavy atom. The first-order valence-electron chi connectivity index (χ1n) is 5.29. The van der Waals surface area contributed by atoms with Gasteiger partial charge < -0.3 is 5.73 Å². The Bertz CT molecular complexity index is 372. The van der Waals surface area contributed by atoms with Gasteiger partial charge in [-0.05, 0) is 30.9 Å². The van der Waals surface area contributed by atoms with Gasteiger partial charge in [0.05, 0.1) is 0 Å². The lowest BCUT2D eigenvalue weighted by Crippen LogP contribution is -2.15. The average Bonchev–Trinajstić information content (AvgIpc) is 2.96. The molecule has 2 N–H and O–H groups in total. The number of nitrogens with two attached hydrogens (primary N) is 1. The van der Waals surface area contributed by atoms with E-state index in [9.17, 15) is 8.78 Å². The Kier molecular flexibility index (Phi) is 2.74. The molecule has 0 spiro atoms. The van der Waals surface area contributed by atoms with E-state index in [2.05, 4.69) is 0 Å². The van der Waals surface area contributed by atoms with Crippen molar-refractivity contribution in [2.75, 3.05) is 0 Å². The summed E-state index contributed by atoms with van der Waals surface area (Å²) in [5.41, 5.74) is 6.34. The monoisotopic (exact) mass is 211 g/mol. The van der Waals surface area contributed by atoms with Gasteiger partial charge >= 0.3 is 0 Å². The van der Waals surface area contributed by atoms with Gasteiger partial charge in [-0.15, -0.1) is 0 Å². The van der Waals surface area contributed by atoms with Crippen LogP contribution >= 0.6 is 0 Å². The maximum atomic E-state index is 13.7. The normalized spacial score (nSPS) is 17.9. The lowest BCUT2D eigenvalue weighted by atomic mass is 9.99. The topological polar surface area (TPSA) is 26.0 Å². The molecule has 2 rings (SSSR count). The molecule has 0 radical (unpaired) electrons. The molecule has 82 valence electrons. The van der Waals surface area contributed by atoms with Crippen molar-refractivity contribution in [3.05, 3.63) is 34.9 Å². The molecule has 1 aliphatic rings. The van der Waals surface area contributed by atoms with Crippen LogP contribution in [0.25, 0.3) is 0 Å². The molecule has 0 saturated heterocycles. The first-order chi connectivity index (χ1) is 7.09. The zero-order valence-electron chi connectivity index (χ0n) is 8.76. The first-order valence-corrected chi connectivity index (χ1v) is 5.29. The first kappa shape index (κ1) is 10.6. The van der Waals surface area contributed by atoms with Crippen molar-refractivity contribution in [3.8, 4) is 0 Å². The van der Waals surface area contributed by atoms with Crippen LogP contribution in [0.5, 0.6) is 0 Å². The fraction of sp³-hybridized carbons (Fsp3) is 0.500. The molecular weight excluding hydrogens is 196 g/mol. The van der Waals surface area contributed by atoms with E-state index in [0.29, 0.717) is 17.9 Å². The quantitative estimate of drug-likeness (QED) is 0.817. The fourth-order valence-corrected chi connectivity index (χ4v) is 1.85. The van der Waals surface area contributed by atoms with Crippen molar-refractivity contribution in [1.29, 1.82) is 0 Å². The predicted molar refractivity (Wildman–Crippen MR) is 55.4 cm³/mol. The number of aryl methyl sites for hydroxylation is 1. The van der Waals surface area contributed by atoms with E-state index >= 15 is 0 Å². The van der Waals surface area contributed by atoms with Crippen molar-refractivity contribution in [1.82, 2.24) is 0 Å². The molecule has 0 unspecified atom stereocenters. The van der Waals surface area contributed by atoms with E-state index in [4.69, 9.17) is 5.73 Å². The van der Waals surface area contributed by atoms with E-state index < -0.39 is 17.7 Å². The summed E-state index contributed by atoms with van der Waals surface area (Å²) in [6, 6.07) is 2.23. The largest absolute Gasteiger partial charge is 0.324 e. The second-order valence-electron chi connectivity index (χ2n) is 4.38. The van der Waals surface area contributed by atoms with Crippen LogP contribution in [0.15, 0.2) is 12.1 Å². The Balaban J connectivity index is 2.27. The molecule has 1 aromatic rings. The summed E-state index contributed by atoms with van der Waals surface area (Å²) in [7, 11) is 0. The van der Waals surface area contributed by atoms with Crippen LogP contribution in [-0.4, -0.2) is 0 Å². The molecule has 1 aromatic carbocycles. The number of benzene rings is 1. The van der Waals surface area contributed by atoms with Crippen LogP contribution in [0.1, 0.15) is 36.4 Å². The molecule has 1 saturated carbocycles. The molecule has 3 heteroatoms. The highest BCUT2D eigenvalue weighted by Crippen LogP contribution is 2.37. The smallest absolute Gasteiger partial charge is 0.133 e. The van der Waals surface area contributed by atoms with Gasteiger partial charge in [0.1, 0.15) is 11.6 Å². The molecule has 0 amide bonds. The van der Waals surface area contributed by atoms with Gasteiger partial charge in [-0.1, -0.05) is 18.9 Å². The summed E-state index contributed by atoms with van der Waals surface area (Å²) in [6.45, 7) is 1.63. The number of halogens is 2. The van der Waals surface area contributed by atoms with Gasteiger partial charge in [-0.25, -0.2) is 8.78 Å². The Hall–Kier alpha value is -0.960. The van der Waals surface area contributed by atoms with Crippen LogP contribution in [0.2, 0.25) is 0 Å². The van der Waals surface area contributed by atoms with E-state index in [1.807, 2.05) is 0 Å². The summed E-state index contributed by atoms with van der Waals surface area (Å²) in [5, 5.41) is 0. The molecule has 0 heterocycles. The highest BCUT2D eigenvalue weighted by molar-refractivity contribution is 5.29. The van der Waals surface area contributed by atoms with E-state index in [-0.39, 0.29) is 5.56 Å². The minimum atomic E-state index is -0.522. The number of rotatable bonds is 3. The van der Waals surface area contributed by atoms with Crippen LogP contribution in [0, 0.1) is 24.5 Å². The lowest BCUT2D eigenvalue weighted by molar-refractivity contribution is 0.495. The highest BCUT2D eigenvalue weighted by Gasteiger charge is 2.27. The number of hydrogen-bond donors (Lipinski definition) is 1. The standard InChI is InChI=1S/C12H15F2N/c1-7-2-5-9(13)11(12(7)14)10(15)6-8-3-4-8/h2,5,8,10H,3-4,6,15H2,1H3/t10-/m0/s1. The third-order valence-corrected chi connectivity index (χ3v) is 2.97. The van der Waals surface area contributed by atoms with Crippen molar-refractivity contribution in [2.45, 2.75) is 32.2 Å². The highest BCUT2D eigenvalue weighted by atomic mass is 19.1. The van der Waals surface area contributed by atoms with Crippen LogP contribution in [0.4, 0.5) is 8.78 Å². The molecular formula is C12H15F2N. The third-order valence-electron chi connectivity index (χ3n) is 2.97. The van der Waals surface area contributed by atoms with Gasteiger partial charge in [0.15, 0.2) is 0 Å². The SMILES string of the molecule is Cc1ccc(F)c([C@@H](N)CC2CC2)c1F. The van der Waals surface area contributed by atoms with Crippen molar-refractivity contribution >= 4 is 0 Å². The second kappa shape index (κ2) is 3.89. The molecule has 15 heavy (non-hydrogen) atoms. The maximum absolute atomic E-state index is 13.7.